The number of furan rings is 1. The van der Waals surface area contributed by atoms with E-state index in [0.717, 1.165) is 10.4 Å². The zero-order valence-electron chi connectivity index (χ0n) is 9.50. The molecule has 0 N–H and O–H groups in total. The Balaban J connectivity index is 2.05. The SMILES string of the molecule is O=C(c1ccco1)c1ccsc1-c1ccccc1. The molecule has 2 aromatic heterocycles. The molecule has 3 rings (SSSR count). The Morgan fingerprint density at radius 2 is 1.83 bits per heavy atom. The van der Waals surface area contributed by atoms with Crippen molar-refractivity contribution in [2.45, 2.75) is 0 Å². The summed E-state index contributed by atoms with van der Waals surface area (Å²) < 4.78 is 5.17. The molecule has 0 amide bonds. The fourth-order valence-electron chi connectivity index (χ4n) is 1.84. The average Bonchev–Trinajstić information content (AvgIpc) is 3.10. The smallest absolute Gasteiger partial charge is 0.229 e. The van der Waals surface area contributed by atoms with Crippen molar-refractivity contribution >= 4 is 17.1 Å². The minimum Gasteiger partial charge on any atom is -0.461 e. The van der Waals surface area contributed by atoms with Crippen LogP contribution in [0.3, 0.4) is 0 Å². The van der Waals surface area contributed by atoms with Crippen molar-refractivity contribution in [3.8, 4) is 10.4 Å². The number of thiophene rings is 1. The summed E-state index contributed by atoms with van der Waals surface area (Å²) in [6, 6.07) is 15.2. The van der Waals surface area contributed by atoms with E-state index in [0.29, 0.717) is 11.3 Å². The highest BCUT2D eigenvalue weighted by Crippen LogP contribution is 2.30. The third kappa shape index (κ3) is 1.89. The lowest BCUT2D eigenvalue weighted by Gasteiger charge is -2.01. The van der Waals surface area contributed by atoms with E-state index < -0.39 is 0 Å². The lowest BCUT2D eigenvalue weighted by molar-refractivity contribution is 0.101. The Morgan fingerprint density at radius 3 is 2.56 bits per heavy atom. The molecule has 0 saturated carbocycles. The van der Waals surface area contributed by atoms with E-state index in [1.165, 1.54) is 6.26 Å². The Kier molecular flexibility index (Phi) is 2.82. The maximum absolute atomic E-state index is 12.3. The maximum Gasteiger partial charge on any atom is 0.229 e. The summed E-state index contributed by atoms with van der Waals surface area (Å²) in [4.78, 5) is 13.3. The minimum absolute atomic E-state index is 0.0693. The number of hydrogen-bond acceptors (Lipinski definition) is 3. The summed E-state index contributed by atoms with van der Waals surface area (Å²) >= 11 is 1.57. The largest absolute Gasteiger partial charge is 0.461 e. The zero-order valence-corrected chi connectivity index (χ0v) is 10.3. The van der Waals surface area contributed by atoms with E-state index in [9.17, 15) is 4.79 Å². The van der Waals surface area contributed by atoms with Crippen LogP contribution in [0.1, 0.15) is 16.1 Å². The molecule has 2 heterocycles. The molecule has 3 aromatic rings. The van der Waals surface area contributed by atoms with Crippen molar-refractivity contribution in [2.75, 3.05) is 0 Å². The quantitative estimate of drug-likeness (QED) is 0.654. The Hall–Kier alpha value is -2.13. The van der Waals surface area contributed by atoms with Gasteiger partial charge in [0, 0.05) is 10.4 Å². The van der Waals surface area contributed by atoms with Crippen molar-refractivity contribution in [3.05, 3.63) is 71.5 Å². The molecular weight excluding hydrogens is 244 g/mol. The molecule has 0 aliphatic rings. The van der Waals surface area contributed by atoms with Gasteiger partial charge >= 0.3 is 0 Å². The average molecular weight is 254 g/mol. The van der Waals surface area contributed by atoms with Gasteiger partial charge in [-0.05, 0) is 29.1 Å². The summed E-state index contributed by atoms with van der Waals surface area (Å²) in [6.45, 7) is 0. The number of rotatable bonds is 3. The minimum atomic E-state index is -0.0693. The van der Waals surface area contributed by atoms with Crippen LogP contribution in [0.2, 0.25) is 0 Å². The molecule has 2 nitrogen and oxygen atoms in total. The first-order valence-corrected chi connectivity index (χ1v) is 6.45. The second-order valence-corrected chi connectivity index (χ2v) is 4.75. The van der Waals surface area contributed by atoms with Crippen LogP contribution in [0, 0.1) is 0 Å². The van der Waals surface area contributed by atoms with Gasteiger partial charge in [0.2, 0.25) is 5.78 Å². The zero-order chi connectivity index (χ0) is 12.4. The molecule has 0 atom stereocenters. The summed E-state index contributed by atoms with van der Waals surface area (Å²) in [6.07, 6.45) is 1.52. The number of benzene rings is 1. The topological polar surface area (TPSA) is 30.2 Å². The lowest BCUT2D eigenvalue weighted by atomic mass is 10.1. The van der Waals surface area contributed by atoms with E-state index in [2.05, 4.69) is 0 Å². The summed E-state index contributed by atoms with van der Waals surface area (Å²) in [7, 11) is 0. The Bertz CT molecular complexity index is 651. The molecule has 0 spiro atoms. The number of ketones is 1. The fourth-order valence-corrected chi connectivity index (χ4v) is 2.74. The van der Waals surface area contributed by atoms with Crippen LogP contribution in [0.5, 0.6) is 0 Å². The summed E-state index contributed by atoms with van der Waals surface area (Å²) in [5.74, 6) is 0.311. The standard InChI is InChI=1S/C15H10O2S/c16-14(13-7-4-9-17-13)12-8-10-18-15(12)11-5-2-1-3-6-11/h1-10H. The van der Waals surface area contributed by atoms with Crippen LogP contribution in [0.4, 0.5) is 0 Å². The van der Waals surface area contributed by atoms with Crippen LogP contribution >= 0.6 is 11.3 Å². The van der Waals surface area contributed by atoms with Crippen molar-refractivity contribution in [2.24, 2.45) is 0 Å². The van der Waals surface area contributed by atoms with Gasteiger partial charge in [-0.1, -0.05) is 30.3 Å². The summed E-state index contributed by atoms with van der Waals surface area (Å²) in [5.41, 5.74) is 1.75. The molecule has 0 aliphatic carbocycles. The van der Waals surface area contributed by atoms with E-state index in [1.54, 1.807) is 23.5 Å². The molecule has 0 unspecified atom stereocenters. The van der Waals surface area contributed by atoms with Gasteiger partial charge in [-0.25, -0.2) is 0 Å². The van der Waals surface area contributed by atoms with Crippen LogP contribution < -0.4 is 0 Å². The van der Waals surface area contributed by atoms with Gasteiger partial charge < -0.3 is 4.42 Å². The second kappa shape index (κ2) is 4.63. The molecule has 0 radical (unpaired) electrons. The molecule has 0 bridgehead atoms. The first-order valence-electron chi connectivity index (χ1n) is 5.57. The molecule has 0 aliphatic heterocycles. The Morgan fingerprint density at radius 1 is 1.00 bits per heavy atom. The van der Waals surface area contributed by atoms with Crippen LogP contribution in [0.15, 0.2) is 64.6 Å². The van der Waals surface area contributed by atoms with Gasteiger partial charge in [-0.15, -0.1) is 11.3 Å². The normalized spacial score (nSPS) is 10.4. The van der Waals surface area contributed by atoms with Gasteiger partial charge in [0.25, 0.3) is 0 Å². The molecule has 0 saturated heterocycles. The van der Waals surface area contributed by atoms with Gasteiger partial charge in [0.1, 0.15) is 0 Å². The Labute approximate surface area is 109 Å². The van der Waals surface area contributed by atoms with E-state index in [1.807, 2.05) is 41.8 Å². The van der Waals surface area contributed by atoms with Crippen LogP contribution in [0.25, 0.3) is 10.4 Å². The lowest BCUT2D eigenvalue weighted by Crippen LogP contribution is -1.99. The third-order valence-corrected chi connectivity index (χ3v) is 3.65. The molecular formula is C15H10O2S. The van der Waals surface area contributed by atoms with E-state index >= 15 is 0 Å². The van der Waals surface area contributed by atoms with Crippen molar-refractivity contribution in [1.82, 2.24) is 0 Å². The highest BCUT2D eigenvalue weighted by atomic mass is 32.1. The highest BCUT2D eigenvalue weighted by Gasteiger charge is 2.17. The fraction of sp³-hybridized carbons (Fsp3) is 0. The number of hydrogen-bond donors (Lipinski definition) is 0. The van der Waals surface area contributed by atoms with Crippen molar-refractivity contribution in [3.63, 3.8) is 0 Å². The van der Waals surface area contributed by atoms with Gasteiger partial charge in [0.05, 0.1) is 6.26 Å². The molecule has 88 valence electrons. The third-order valence-electron chi connectivity index (χ3n) is 2.69. The van der Waals surface area contributed by atoms with Crippen molar-refractivity contribution < 1.29 is 9.21 Å². The van der Waals surface area contributed by atoms with Crippen LogP contribution in [-0.2, 0) is 0 Å². The predicted octanol–water partition coefficient (Wildman–Crippen LogP) is 4.24. The van der Waals surface area contributed by atoms with E-state index in [4.69, 9.17) is 4.42 Å². The van der Waals surface area contributed by atoms with Crippen molar-refractivity contribution in [1.29, 1.82) is 0 Å². The first kappa shape index (κ1) is 11.0. The van der Waals surface area contributed by atoms with Gasteiger partial charge in [0.15, 0.2) is 5.76 Å². The van der Waals surface area contributed by atoms with Gasteiger partial charge in [-0.3, -0.25) is 4.79 Å². The van der Waals surface area contributed by atoms with Crippen LogP contribution in [-0.4, -0.2) is 5.78 Å². The molecule has 1 aromatic carbocycles. The van der Waals surface area contributed by atoms with E-state index in [-0.39, 0.29) is 5.78 Å². The number of carbonyl (C=O) groups is 1. The number of carbonyl (C=O) groups excluding carboxylic acids is 1. The predicted molar refractivity (Wildman–Crippen MR) is 71.9 cm³/mol. The molecule has 18 heavy (non-hydrogen) atoms. The summed E-state index contributed by atoms with van der Waals surface area (Å²) in [5, 5.41) is 1.93. The maximum atomic E-state index is 12.3. The van der Waals surface area contributed by atoms with Gasteiger partial charge in [-0.2, -0.15) is 0 Å². The first-order chi connectivity index (χ1) is 8.86. The molecule has 0 fully saturated rings. The highest BCUT2D eigenvalue weighted by molar-refractivity contribution is 7.14. The second-order valence-electron chi connectivity index (χ2n) is 3.84. The monoisotopic (exact) mass is 254 g/mol. The molecule has 3 heteroatoms.